The fourth-order valence-corrected chi connectivity index (χ4v) is 5.53. The summed E-state index contributed by atoms with van der Waals surface area (Å²) in [6.07, 6.45) is 7.56. The van der Waals surface area contributed by atoms with Gasteiger partial charge in [0.05, 0.1) is 16.8 Å². The number of likely N-dealkylation sites (tertiary alicyclic amines) is 1. The Bertz CT molecular complexity index is 1750. The summed E-state index contributed by atoms with van der Waals surface area (Å²) >= 11 is 6.27. The number of rotatable bonds is 5. The van der Waals surface area contributed by atoms with E-state index in [0.29, 0.717) is 60.4 Å². The number of aromatic nitrogens is 2. The average molecular weight is 602 g/mol. The lowest BCUT2D eigenvalue weighted by molar-refractivity contribution is -0.124. The number of amides is 2. The first-order valence-corrected chi connectivity index (χ1v) is 13.9. The molecule has 2 aliphatic heterocycles. The molecule has 6 rings (SSSR count). The summed E-state index contributed by atoms with van der Waals surface area (Å²) in [5, 5.41) is 3.22. The summed E-state index contributed by atoms with van der Waals surface area (Å²) in [5.41, 5.74) is 14.0. The molecule has 218 valence electrons. The number of nitrogens with one attached hydrogen (secondary N) is 1. The zero-order valence-electron chi connectivity index (χ0n) is 22.8. The Morgan fingerprint density at radius 3 is 2.37 bits per heavy atom. The highest BCUT2D eigenvalue weighted by Gasteiger charge is 2.37. The van der Waals surface area contributed by atoms with Gasteiger partial charge in [-0.3, -0.25) is 9.59 Å². The summed E-state index contributed by atoms with van der Waals surface area (Å²) in [6.45, 7) is 0.673. The van der Waals surface area contributed by atoms with E-state index in [2.05, 4.69) is 15.3 Å². The van der Waals surface area contributed by atoms with Crippen molar-refractivity contribution in [1.82, 2.24) is 14.9 Å². The Labute approximate surface area is 250 Å². The number of halogens is 3. The van der Waals surface area contributed by atoms with E-state index in [-0.39, 0.29) is 28.2 Å². The van der Waals surface area contributed by atoms with Gasteiger partial charge in [0.2, 0.25) is 11.9 Å². The van der Waals surface area contributed by atoms with Gasteiger partial charge < -0.3 is 21.7 Å². The van der Waals surface area contributed by atoms with Crippen molar-refractivity contribution in [2.45, 2.75) is 24.8 Å². The van der Waals surface area contributed by atoms with E-state index >= 15 is 0 Å². The molecule has 0 unspecified atom stereocenters. The number of anilines is 2. The van der Waals surface area contributed by atoms with E-state index < -0.39 is 23.1 Å². The van der Waals surface area contributed by atoms with Gasteiger partial charge in [-0.15, -0.1) is 0 Å². The van der Waals surface area contributed by atoms with Crippen molar-refractivity contribution < 1.29 is 18.4 Å². The molecule has 5 N–H and O–H groups in total. The number of carbonyl (C=O) groups excluding carboxylic acids is 2. The van der Waals surface area contributed by atoms with Gasteiger partial charge in [-0.25, -0.2) is 23.7 Å². The van der Waals surface area contributed by atoms with Crippen LogP contribution < -0.4 is 16.8 Å². The van der Waals surface area contributed by atoms with Gasteiger partial charge >= 0.3 is 0 Å². The molecule has 0 atom stereocenters. The normalized spacial score (nSPS) is 17.3. The van der Waals surface area contributed by atoms with Crippen LogP contribution in [-0.2, 0) is 11.2 Å². The van der Waals surface area contributed by atoms with Crippen LogP contribution in [-0.4, -0.2) is 50.5 Å². The molecule has 0 bridgehead atoms. The second-order valence-corrected chi connectivity index (χ2v) is 10.9. The first-order valence-electron chi connectivity index (χ1n) is 13.5. The maximum atomic E-state index is 14.8. The molecule has 0 radical (unpaired) electrons. The van der Waals surface area contributed by atoms with E-state index in [1.165, 1.54) is 30.5 Å². The average Bonchev–Trinajstić information content (AvgIpc) is 3.16. The SMILES string of the molecule is NC(=O)C1(N)CCN(C(=O)c2ccc(Nc3ncc4c(n3)C3=CN=C(Cl)C=C(c5c(F)cccc5F)C3=CC4)cc2)CC1. The molecule has 3 aromatic rings. The molecular formula is C31H26ClF2N7O2. The fourth-order valence-electron chi connectivity index (χ4n) is 5.37. The van der Waals surface area contributed by atoms with E-state index in [9.17, 15) is 18.4 Å². The number of aliphatic imine (C=N–C) groups is 1. The molecule has 2 aromatic carbocycles. The fraction of sp³-hybridized carbons (Fsp3) is 0.194. The molecule has 3 heterocycles. The Morgan fingerprint density at radius 1 is 1.00 bits per heavy atom. The van der Waals surface area contributed by atoms with Crippen molar-refractivity contribution in [2.24, 2.45) is 16.5 Å². The molecule has 1 aromatic heterocycles. The minimum Gasteiger partial charge on any atom is -0.368 e. The zero-order valence-corrected chi connectivity index (χ0v) is 23.5. The maximum Gasteiger partial charge on any atom is 0.253 e. The molecule has 12 heteroatoms. The van der Waals surface area contributed by atoms with Crippen LogP contribution in [0.15, 0.2) is 77.6 Å². The smallest absolute Gasteiger partial charge is 0.253 e. The predicted molar refractivity (Wildman–Crippen MR) is 160 cm³/mol. The predicted octanol–water partition coefficient (Wildman–Crippen LogP) is 4.48. The summed E-state index contributed by atoms with van der Waals surface area (Å²) < 4.78 is 29.6. The van der Waals surface area contributed by atoms with Crippen molar-refractivity contribution >= 4 is 51.4 Å². The van der Waals surface area contributed by atoms with Gasteiger partial charge in [-0.2, -0.15) is 0 Å². The summed E-state index contributed by atoms with van der Waals surface area (Å²) in [7, 11) is 0. The lowest BCUT2D eigenvalue weighted by atomic mass is 9.84. The highest BCUT2D eigenvalue weighted by Crippen LogP contribution is 2.41. The topological polar surface area (TPSA) is 140 Å². The molecule has 1 saturated heterocycles. The molecule has 1 fully saturated rings. The lowest BCUT2D eigenvalue weighted by Crippen LogP contribution is -2.59. The van der Waals surface area contributed by atoms with Crippen molar-refractivity contribution in [2.75, 3.05) is 18.4 Å². The quantitative estimate of drug-likeness (QED) is 0.394. The van der Waals surface area contributed by atoms with E-state index in [1.54, 1.807) is 35.4 Å². The largest absolute Gasteiger partial charge is 0.368 e. The van der Waals surface area contributed by atoms with Gasteiger partial charge in [0.1, 0.15) is 16.8 Å². The summed E-state index contributed by atoms with van der Waals surface area (Å²) in [6, 6.07) is 10.5. The second-order valence-electron chi connectivity index (χ2n) is 10.6. The lowest BCUT2D eigenvalue weighted by Gasteiger charge is -2.37. The van der Waals surface area contributed by atoms with Crippen molar-refractivity contribution in [1.29, 1.82) is 0 Å². The number of nitrogens with two attached hydrogens (primary N) is 2. The summed E-state index contributed by atoms with van der Waals surface area (Å²) in [4.78, 5) is 39.7. The number of benzene rings is 2. The minimum atomic E-state index is -1.09. The molecular weight excluding hydrogens is 576 g/mol. The number of primary amides is 1. The van der Waals surface area contributed by atoms with Crippen molar-refractivity contribution in [3.05, 3.63) is 107 Å². The second kappa shape index (κ2) is 11.2. The van der Waals surface area contributed by atoms with E-state index in [4.69, 9.17) is 28.1 Å². The van der Waals surface area contributed by atoms with Crippen LogP contribution in [0.5, 0.6) is 0 Å². The third kappa shape index (κ3) is 5.44. The van der Waals surface area contributed by atoms with Crippen molar-refractivity contribution in [3.63, 3.8) is 0 Å². The molecule has 3 aliphatic rings. The number of carbonyl (C=O) groups is 2. The van der Waals surface area contributed by atoms with Crippen LogP contribution in [0.2, 0.25) is 0 Å². The molecule has 2 amide bonds. The highest BCUT2D eigenvalue weighted by molar-refractivity contribution is 6.69. The van der Waals surface area contributed by atoms with Crippen LogP contribution in [0.1, 0.15) is 40.0 Å². The maximum absolute atomic E-state index is 14.8. The zero-order chi connectivity index (χ0) is 30.3. The van der Waals surface area contributed by atoms with Crippen LogP contribution in [0.3, 0.4) is 0 Å². The third-order valence-electron chi connectivity index (χ3n) is 7.86. The number of piperidine rings is 1. The van der Waals surface area contributed by atoms with Gasteiger partial charge in [-0.05, 0) is 72.9 Å². The summed E-state index contributed by atoms with van der Waals surface area (Å²) in [5.74, 6) is -1.88. The highest BCUT2D eigenvalue weighted by atomic mass is 35.5. The van der Waals surface area contributed by atoms with Crippen molar-refractivity contribution in [3.8, 4) is 0 Å². The van der Waals surface area contributed by atoms with Gasteiger partial charge in [0.25, 0.3) is 5.91 Å². The van der Waals surface area contributed by atoms with E-state index in [0.717, 1.165) is 5.56 Å². The molecule has 43 heavy (non-hydrogen) atoms. The molecule has 0 saturated carbocycles. The molecule has 1 aliphatic carbocycles. The van der Waals surface area contributed by atoms with Gasteiger partial charge in [-0.1, -0.05) is 23.7 Å². The van der Waals surface area contributed by atoms with Crippen LogP contribution in [0.25, 0.3) is 11.1 Å². The Morgan fingerprint density at radius 2 is 1.70 bits per heavy atom. The standard InChI is InChI=1S/C31H26ClF2N7O2/c32-25-14-21(26-23(33)2-1-3-24(26)34)20-9-6-18-15-38-30(40-27(18)22(20)16-37-25)39-19-7-4-17(5-8-19)28(42)41-12-10-31(36,11-13-41)29(35)43/h1-5,7-9,14-16H,6,10-13,36H2,(H2,35,43)(H,38,39,40). The number of hydrogen-bond donors (Lipinski definition) is 3. The van der Waals surface area contributed by atoms with Gasteiger partial charge in [0, 0.05) is 47.9 Å². The minimum absolute atomic E-state index is 0.0730. The number of hydrogen-bond acceptors (Lipinski definition) is 7. The molecule has 0 spiro atoms. The Hall–Kier alpha value is -4.74. The number of nitrogens with zero attached hydrogens (tertiary/aromatic N) is 4. The Balaban J connectivity index is 1.22. The first-order chi connectivity index (χ1) is 20.6. The van der Waals surface area contributed by atoms with Gasteiger partial charge in [0.15, 0.2) is 0 Å². The third-order valence-corrected chi connectivity index (χ3v) is 8.07. The van der Waals surface area contributed by atoms with Crippen LogP contribution in [0, 0.1) is 11.6 Å². The van der Waals surface area contributed by atoms with Crippen LogP contribution in [0.4, 0.5) is 20.4 Å². The number of fused-ring (bicyclic) bond motifs is 3. The number of allylic oxidation sites excluding steroid dienone is 5. The Kier molecular flexibility index (Phi) is 7.37. The van der Waals surface area contributed by atoms with Crippen LogP contribution >= 0.6 is 11.6 Å². The monoisotopic (exact) mass is 601 g/mol. The molecule has 9 nitrogen and oxygen atoms in total. The van der Waals surface area contributed by atoms with E-state index in [1.807, 2.05) is 6.08 Å². The first kappa shape index (κ1) is 28.4.